The van der Waals surface area contributed by atoms with Crippen LogP contribution in [0.5, 0.6) is 11.5 Å². The van der Waals surface area contributed by atoms with E-state index in [0.29, 0.717) is 11.1 Å². The fourth-order valence-electron chi connectivity index (χ4n) is 2.30. The van der Waals surface area contributed by atoms with Crippen LogP contribution in [-0.4, -0.2) is 37.9 Å². The van der Waals surface area contributed by atoms with E-state index in [4.69, 9.17) is 21.1 Å². The van der Waals surface area contributed by atoms with Gasteiger partial charge in [-0.3, -0.25) is 0 Å². The maximum absolute atomic E-state index is 6.21. The topological polar surface area (TPSA) is 33.7 Å². The molecule has 1 saturated heterocycles. The van der Waals surface area contributed by atoms with Gasteiger partial charge in [-0.05, 0) is 20.0 Å². The van der Waals surface area contributed by atoms with E-state index < -0.39 is 0 Å². The van der Waals surface area contributed by atoms with Gasteiger partial charge in [0.2, 0.25) is 6.79 Å². The molecule has 1 atom stereocenters. The van der Waals surface area contributed by atoms with Gasteiger partial charge in [-0.15, -0.1) is 0 Å². The third-order valence-electron chi connectivity index (χ3n) is 3.21. The molecule has 0 radical (unpaired) electrons. The molecule has 0 aromatic heterocycles. The summed E-state index contributed by atoms with van der Waals surface area (Å²) in [5, 5.41) is 4.14. The van der Waals surface area contributed by atoms with Gasteiger partial charge in [0.15, 0.2) is 11.5 Å². The van der Waals surface area contributed by atoms with Gasteiger partial charge >= 0.3 is 0 Å². The van der Waals surface area contributed by atoms with Crippen molar-refractivity contribution in [3.63, 3.8) is 0 Å². The van der Waals surface area contributed by atoms with Crippen LogP contribution in [0.3, 0.4) is 0 Å². The highest BCUT2D eigenvalue weighted by molar-refractivity contribution is 6.33. The van der Waals surface area contributed by atoms with Crippen LogP contribution in [0.25, 0.3) is 0 Å². The molecular formula is C12H15ClN2O2. The minimum atomic E-state index is 0.279. The van der Waals surface area contributed by atoms with Gasteiger partial charge in [-0.2, -0.15) is 0 Å². The number of rotatable bonds is 2. The Morgan fingerprint density at radius 3 is 2.82 bits per heavy atom. The number of nitrogens with one attached hydrogen (secondary N) is 1. The van der Waals surface area contributed by atoms with Crippen LogP contribution < -0.4 is 14.8 Å². The highest BCUT2D eigenvalue weighted by Gasteiger charge is 2.22. The first-order valence-electron chi connectivity index (χ1n) is 5.76. The fraction of sp³-hybridized carbons (Fsp3) is 0.500. The maximum Gasteiger partial charge on any atom is 0.231 e. The number of anilines is 1. The van der Waals surface area contributed by atoms with Gasteiger partial charge in [0.05, 0.1) is 10.7 Å². The molecule has 0 bridgehead atoms. The third kappa shape index (κ3) is 2.15. The Hall–Kier alpha value is -1.13. The number of likely N-dealkylation sites (N-methyl/N-ethyl adjacent to an activating group) is 1. The zero-order valence-electron chi connectivity index (χ0n) is 9.70. The van der Waals surface area contributed by atoms with E-state index in [-0.39, 0.29) is 6.79 Å². The summed E-state index contributed by atoms with van der Waals surface area (Å²) in [6.45, 7) is 2.45. The molecule has 4 nitrogen and oxygen atoms in total. The summed E-state index contributed by atoms with van der Waals surface area (Å²) in [6, 6.07) is 4.19. The lowest BCUT2D eigenvalue weighted by Gasteiger charge is -2.15. The molecule has 17 heavy (non-hydrogen) atoms. The molecule has 1 N–H and O–H groups in total. The minimum absolute atomic E-state index is 0.279. The molecule has 3 rings (SSSR count). The van der Waals surface area contributed by atoms with Crippen molar-refractivity contribution in [2.24, 2.45) is 0 Å². The first-order valence-corrected chi connectivity index (χ1v) is 6.14. The summed E-state index contributed by atoms with van der Waals surface area (Å²) in [4.78, 5) is 2.30. The van der Waals surface area contributed by atoms with Crippen molar-refractivity contribution in [2.75, 3.05) is 32.2 Å². The number of hydrogen-bond donors (Lipinski definition) is 1. The lowest BCUT2D eigenvalue weighted by atomic mass is 10.2. The van der Waals surface area contributed by atoms with Gasteiger partial charge < -0.3 is 19.7 Å². The summed E-state index contributed by atoms with van der Waals surface area (Å²) in [6.07, 6.45) is 1.14. The van der Waals surface area contributed by atoms with E-state index in [1.165, 1.54) is 0 Å². The Bertz CT molecular complexity index is 439. The Kier molecular flexibility index (Phi) is 2.76. The quantitative estimate of drug-likeness (QED) is 0.877. The van der Waals surface area contributed by atoms with Gasteiger partial charge in [-0.1, -0.05) is 11.6 Å². The van der Waals surface area contributed by atoms with Crippen molar-refractivity contribution in [2.45, 2.75) is 12.5 Å². The van der Waals surface area contributed by atoms with Crippen LogP contribution in [0, 0.1) is 0 Å². The van der Waals surface area contributed by atoms with Crippen molar-refractivity contribution in [1.82, 2.24) is 4.90 Å². The molecule has 1 aromatic carbocycles. The summed E-state index contributed by atoms with van der Waals surface area (Å²) in [5.41, 5.74) is 0.927. The second-order valence-electron chi connectivity index (χ2n) is 4.58. The van der Waals surface area contributed by atoms with Crippen LogP contribution in [0.4, 0.5) is 5.69 Å². The van der Waals surface area contributed by atoms with Crippen LogP contribution in [0.15, 0.2) is 12.1 Å². The van der Waals surface area contributed by atoms with E-state index in [2.05, 4.69) is 17.3 Å². The number of fused-ring (bicyclic) bond motifs is 1. The molecule has 2 aliphatic rings. The zero-order valence-corrected chi connectivity index (χ0v) is 10.5. The third-order valence-corrected chi connectivity index (χ3v) is 3.53. The molecule has 1 aromatic rings. The summed E-state index contributed by atoms with van der Waals surface area (Å²) < 4.78 is 10.6. The standard InChI is InChI=1S/C12H15ClN2O2/c1-15-3-2-8(6-15)14-10-5-12-11(4-9(10)13)16-7-17-12/h4-5,8,14H,2-3,6-7H2,1H3. The molecule has 1 unspecified atom stereocenters. The van der Waals surface area contributed by atoms with Crippen LogP contribution in [0.1, 0.15) is 6.42 Å². The van der Waals surface area contributed by atoms with E-state index in [0.717, 1.165) is 36.7 Å². The summed E-state index contributed by atoms with van der Waals surface area (Å²) >= 11 is 6.21. The largest absolute Gasteiger partial charge is 0.454 e. The van der Waals surface area contributed by atoms with Gasteiger partial charge in [-0.25, -0.2) is 0 Å². The molecule has 0 saturated carbocycles. The second kappa shape index (κ2) is 4.27. The van der Waals surface area contributed by atoms with Gasteiger partial charge in [0, 0.05) is 24.7 Å². The van der Waals surface area contributed by atoms with Crippen molar-refractivity contribution < 1.29 is 9.47 Å². The Balaban J connectivity index is 1.79. The number of benzene rings is 1. The van der Waals surface area contributed by atoms with Crippen molar-refractivity contribution in [3.05, 3.63) is 17.2 Å². The zero-order chi connectivity index (χ0) is 11.8. The molecule has 0 amide bonds. The lowest BCUT2D eigenvalue weighted by Crippen LogP contribution is -2.23. The Morgan fingerprint density at radius 1 is 1.35 bits per heavy atom. The molecule has 1 fully saturated rings. The van der Waals surface area contributed by atoms with E-state index >= 15 is 0 Å². The van der Waals surface area contributed by atoms with Gasteiger partial charge in [0.1, 0.15) is 0 Å². The molecular weight excluding hydrogens is 240 g/mol. The van der Waals surface area contributed by atoms with Gasteiger partial charge in [0.25, 0.3) is 0 Å². The Labute approximate surface area is 105 Å². The SMILES string of the molecule is CN1CCC(Nc2cc3c(cc2Cl)OCO3)C1. The average molecular weight is 255 g/mol. The normalized spacial score (nSPS) is 23.1. The lowest BCUT2D eigenvalue weighted by molar-refractivity contribution is 0.174. The number of ether oxygens (including phenoxy) is 2. The monoisotopic (exact) mass is 254 g/mol. The number of halogens is 1. The van der Waals surface area contributed by atoms with E-state index in [1.54, 1.807) is 0 Å². The van der Waals surface area contributed by atoms with Crippen LogP contribution >= 0.6 is 11.6 Å². The fourth-order valence-corrected chi connectivity index (χ4v) is 2.51. The van der Waals surface area contributed by atoms with Crippen LogP contribution in [0.2, 0.25) is 5.02 Å². The minimum Gasteiger partial charge on any atom is -0.454 e. The Morgan fingerprint density at radius 2 is 2.12 bits per heavy atom. The first-order chi connectivity index (χ1) is 8.22. The number of hydrogen-bond acceptors (Lipinski definition) is 4. The predicted molar refractivity (Wildman–Crippen MR) is 67.1 cm³/mol. The van der Waals surface area contributed by atoms with E-state index in [1.807, 2.05) is 12.1 Å². The summed E-state index contributed by atoms with van der Waals surface area (Å²) in [7, 11) is 2.13. The average Bonchev–Trinajstić information content (AvgIpc) is 2.88. The molecule has 5 heteroatoms. The highest BCUT2D eigenvalue weighted by atomic mass is 35.5. The predicted octanol–water partition coefficient (Wildman–Crippen LogP) is 2.18. The molecule has 92 valence electrons. The molecule has 2 heterocycles. The first kappa shape index (κ1) is 11.0. The second-order valence-corrected chi connectivity index (χ2v) is 4.98. The highest BCUT2D eigenvalue weighted by Crippen LogP contribution is 2.39. The summed E-state index contributed by atoms with van der Waals surface area (Å²) in [5.74, 6) is 1.49. The number of nitrogens with zero attached hydrogens (tertiary/aromatic N) is 1. The molecule has 0 spiro atoms. The van der Waals surface area contributed by atoms with Crippen molar-refractivity contribution in [1.29, 1.82) is 0 Å². The van der Waals surface area contributed by atoms with E-state index in [9.17, 15) is 0 Å². The maximum atomic E-state index is 6.21. The smallest absolute Gasteiger partial charge is 0.231 e. The van der Waals surface area contributed by atoms with Crippen molar-refractivity contribution >= 4 is 17.3 Å². The molecule has 0 aliphatic carbocycles. The van der Waals surface area contributed by atoms with Crippen molar-refractivity contribution in [3.8, 4) is 11.5 Å². The molecule has 2 aliphatic heterocycles. The number of likely N-dealkylation sites (tertiary alicyclic amines) is 1. The van der Waals surface area contributed by atoms with Crippen LogP contribution in [-0.2, 0) is 0 Å².